The average molecular weight is 457 g/mol. The summed E-state index contributed by atoms with van der Waals surface area (Å²) >= 11 is 1.37. The van der Waals surface area contributed by atoms with Gasteiger partial charge in [0.25, 0.3) is 5.56 Å². The molecule has 0 radical (unpaired) electrons. The molecule has 8 nitrogen and oxygen atoms in total. The molecular weight excluding hydrogens is 431 g/mol. The minimum absolute atomic E-state index is 0.0325. The number of nitrogens with zero attached hydrogens (tertiary/aromatic N) is 6. The molecule has 0 bridgehead atoms. The first-order valence-electron chi connectivity index (χ1n) is 11.0. The van der Waals surface area contributed by atoms with E-state index in [2.05, 4.69) is 19.8 Å². The Morgan fingerprint density at radius 2 is 1.69 bits per heavy atom. The quantitative estimate of drug-likeness (QED) is 0.600. The molecule has 4 heterocycles. The van der Waals surface area contributed by atoms with Crippen LogP contribution < -0.4 is 15.4 Å². The Kier molecular flexibility index (Phi) is 5.77. The summed E-state index contributed by atoms with van der Waals surface area (Å²) < 4.78 is 15.0. The van der Waals surface area contributed by atoms with Crippen molar-refractivity contribution in [2.24, 2.45) is 0 Å². The summed E-state index contributed by atoms with van der Waals surface area (Å²) in [6.07, 6.45) is 4.93. The summed E-state index contributed by atoms with van der Waals surface area (Å²) in [5.74, 6) is -0.365. The van der Waals surface area contributed by atoms with E-state index in [0.717, 1.165) is 36.8 Å². The van der Waals surface area contributed by atoms with Crippen LogP contribution >= 0.6 is 11.3 Å². The number of hydrogen-bond donors (Lipinski definition) is 0. The van der Waals surface area contributed by atoms with Gasteiger partial charge >= 0.3 is 0 Å². The molecule has 32 heavy (non-hydrogen) atoms. The van der Waals surface area contributed by atoms with Crippen molar-refractivity contribution in [1.82, 2.24) is 19.4 Å². The normalized spacial score (nSPS) is 17.2. The fourth-order valence-electron chi connectivity index (χ4n) is 4.28. The summed E-state index contributed by atoms with van der Waals surface area (Å²) in [4.78, 5) is 40.8. The molecule has 0 atom stereocenters. The van der Waals surface area contributed by atoms with E-state index in [0.29, 0.717) is 36.5 Å². The van der Waals surface area contributed by atoms with Crippen LogP contribution in [0.5, 0.6) is 0 Å². The Morgan fingerprint density at radius 3 is 2.41 bits per heavy atom. The minimum Gasteiger partial charge on any atom is -0.368 e. The summed E-state index contributed by atoms with van der Waals surface area (Å²) in [7, 11) is 0. The van der Waals surface area contributed by atoms with Crippen LogP contribution in [0.25, 0.3) is 10.3 Å². The summed E-state index contributed by atoms with van der Waals surface area (Å²) in [5.41, 5.74) is 1.19. The van der Waals surface area contributed by atoms with Crippen LogP contribution in [-0.2, 0) is 11.3 Å². The van der Waals surface area contributed by atoms with E-state index in [-0.39, 0.29) is 23.8 Å². The molecule has 10 heteroatoms. The van der Waals surface area contributed by atoms with Gasteiger partial charge in [0, 0.05) is 45.0 Å². The van der Waals surface area contributed by atoms with Gasteiger partial charge in [0.15, 0.2) is 10.8 Å². The van der Waals surface area contributed by atoms with Crippen molar-refractivity contribution in [3.05, 3.63) is 46.8 Å². The number of fused-ring (bicyclic) bond motifs is 1. The van der Waals surface area contributed by atoms with E-state index < -0.39 is 0 Å². The number of halogens is 1. The van der Waals surface area contributed by atoms with E-state index >= 15 is 0 Å². The number of amides is 1. The fraction of sp³-hybridized carbons (Fsp3) is 0.455. The number of anilines is 2. The first kappa shape index (κ1) is 20.9. The number of aromatic nitrogens is 3. The zero-order valence-corrected chi connectivity index (χ0v) is 18.6. The van der Waals surface area contributed by atoms with Crippen molar-refractivity contribution in [2.75, 3.05) is 49.1 Å². The highest BCUT2D eigenvalue weighted by Crippen LogP contribution is 2.27. The van der Waals surface area contributed by atoms with Gasteiger partial charge in [0.2, 0.25) is 5.91 Å². The second-order valence-electron chi connectivity index (χ2n) is 8.22. The second-order valence-corrected chi connectivity index (χ2v) is 9.20. The van der Waals surface area contributed by atoms with Gasteiger partial charge in [-0.1, -0.05) is 11.3 Å². The number of carbonyl (C=O) groups is 1. The largest absolute Gasteiger partial charge is 0.368 e. The van der Waals surface area contributed by atoms with Crippen LogP contribution in [0.15, 0.2) is 35.4 Å². The highest BCUT2D eigenvalue weighted by molar-refractivity contribution is 7.22. The number of rotatable bonds is 4. The highest BCUT2D eigenvalue weighted by Gasteiger charge is 2.23. The number of piperidine rings is 1. The van der Waals surface area contributed by atoms with Crippen LogP contribution in [-0.4, -0.2) is 64.6 Å². The van der Waals surface area contributed by atoms with Crippen molar-refractivity contribution in [1.29, 1.82) is 0 Å². The van der Waals surface area contributed by atoms with Gasteiger partial charge in [-0.3, -0.25) is 14.2 Å². The van der Waals surface area contributed by atoms with Crippen LogP contribution in [0.3, 0.4) is 0 Å². The molecule has 2 fully saturated rings. The summed E-state index contributed by atoms with van der Waals surface area (Å²) in [5, 5.41) is 0.838. The molecular formula is C22H25FN6O2S. The van der Waals surface area contributed by atoms with Gasteiger partial charge in [0.05, 0.1) is 0 Å². The average Bonchev–Trinajstić information content (AvgIpc) is 3.27. The Balaban J connectivity index is 1.25. The molecule has 2 saturated heterocycles. The standard InChI is InChI=1S/C22H25FN6O2S/c23-16-4-6-17(7-5-16)26-10-12-27(13-11-26)18(30)14-29-15-24-20-19(21(29)31)32-22(25-20)28-8-2-1-3-9-28/h4-7,15H,1-3,8-14H2. The van der Waals surface area contributed by atoms with Crippen molar-refractivity contribution in [2.45, 2.75) is 25.8 Å². The number of piperazine rings is 1. The molecule has 0 N–H and O–H groups in total. The van der Waals surface area contributed by atoms with Crippen LogP contribution in [0.4, 0.5) is 15.2 Å². The molecule has 1 aromatic carbocycles. The third-order valence-corrected chi connectivity index (χ3v) is 7.22. The summed E-state index contributed by atoms with van der Waals surface area (Å²) in [6.45, 7) is 4.32. The monoisotopic (exact) mass is 456 g/mol. The lowest BCUT2D eigenvalue weighted by Gasteiger charge is -2.36. The second kappa shape index (κ2) is 8.85. The van der Waals surface area contributed by atoms with Crippen molar-refractivity contribution >= 4 is 38.4 Å². The number of hydrogen-bond acceptors (Lipinski definition) is 7. The zero-order chi connectivity index (χ0) is 22.1. The number of thiazole rings is 1. The van der Waals surface area contributed by atoms with Gasteiger partial charge in [0.1, 0.15) is 23.4 Å². The Hall–Kier alpha value is -3.01. The van der Waals surface area contributed by atoms with Crippen molar-refractivity contribution in [3.63, 3.8) is 0 Å². The predicted octanol–water partition coefficient (Wildman–Crippen LogP) is 2.33. The molecule has 2 aliphatic rings. The van der Waals surface area contributed by atoms with E-state index in [4.69, 9.17) is 0 Å². The molecule has 0 aliphatic carbocycles. The van der Waals surface area contributed by atoms with Crippen molar-refractivity contribution in [3.8, 4) is 0 Å². The molecule has 1 amide bonds. The molecule has 0 unspecified atom stereocenters. The minimum atomic E-state index is -0.262. The van der Waals surface area contributed by atoms with E-state index in [9.17, 15) is 14.0 Å². The number of carbonyl (C=O) groups excluding carboxylic acids is 1. The lowest BCUT2D eigenvalue weighted by molar-refractivity contribution is -0.132. The van der Waals surface area contributed by atoms with Gasteiger partial charge in [-0.2, -0.15) is 4.98 Å². The van der Waals surface area contributed by atoms with E-state index in [1.807, 2.05) is 0 Å². The fourth-order valence-corrected chi connectivity index (χ4v) is 5.30. The molecule has 2 aliphatic heterocycles. The first-order chi connectivity index (χ1) is 15.6. The molecule has 2 aromatic heterocycles. The molecule has 5 rings (SSSR count). The maximum atomic E-state index is 13.1. The van der Waals surface area contributed by atoms with Gasteiger partial charge in [-0.15, -0.1) is 0 Å². The highest BCUT2D eigenvalue weighted by atomic mass is 32.1. The molecule has 0 spiro atoms. The Bertz CT molecular complexity index is 1160. The van der Waals surface area contributed by atoms with Gasteiger partial charge < -0.3 is 14.7 Å². The van der Waals surface area contributed by atoms with E-state index in [1.54, 1.807) is 17.0 Å². The van der Waals surface area contributed by atoms with Gasteiger partial charge in [-0.05, 0) is 43.5 Å². The lowest BCUT2D eigenvalue weighted by atomic mass is 10.1. The van der Waals surface area contributed by atoms with Crippen molar-refractivity contribution < 1.29 is 9.18 Å². The molecule has 3 aromatic rings. The third kappa shape index (κ3) is 4.19. The smallest absolute Gasteiger partial charge is 0.273 e. The lowest BCUT2D eigenvalue weighted by Crippen LogP contribution is -2.50. The van der Waals surface area contributed by atoms with Crippen LogP contribution in [0.2, 0.25) is 0 Å². The molecule has 0 saturated carbocycles. The van der Waals surface area contributed by atoms with Gasteiger partial charge in [-0.25, -0.2) is 9.37 Å². The predicted molar refractivity (Wildman–Crippen MR) is 123 cm³/mol. The summed E-state index contributed by atoms with van der Waals surface area (Å²) in [6, 6.07) is 6.39. The SMILES string of the molecule is O=C(Cn1cnc2nc(N3CCCCC3)sc2c1=O)N1CCN(c2ccc(F)cc2)CC1. The van der Waals surface area contributed by atoms with Crippen LogP contribution in [0.1, 0.15) is 19.3 Å². The number of benzene rings is 1. The Labute approximate surface area is 188 Å². The maximum absolute atomic E-state index is 13.1. The van der Waals surface area contributed by atoms with E-state index in [1.165, 1.54) is 40.8 Å². The first-order valence-corrected chi connectivity index (χ1v) is 11.8. The molecule has 168 valence electrons. The maximum Gasteiger partial charge on any atom is 0.273 e. The topological polar surface area (TPSA) is 74.6 Å². The Morgan fingerprint density at radius 1 is 0.969 bits per heavy atom. The zero-order valence-electron chi connectivity index (χ0n) is 17.7. The van der Waals surface area contributed by atoms with Crippen LogP contribution in [0, 0.1) is 5.82 Å². The third-order valence-electron chi connectivity index (χ3n) is 6.13.